The molecule has 0 aromatic heterocycles. The fourth-order valence-electron chi connectivity index (χ4n) is 1.56. The second-order valence-electron chi connectivity index (χ2n) is 4.37. The van der Waals surface area contributed by atoms with Crippen molar-refractivity contribution in [1.29, 1.82) is 0 Å². The first kappa shape index (κ1) is 14.5. The largest absolute Gasteiger partial charge is 0.397 e. The smallest absolute Gasteiger partial charge is 0.238 e. The van der Waals surface area contributed by atoms with Crippen LogP contribution in [0.4, 0.5) is 11.4 Å². The highest BCUT2D eigenvalue weighted by Gasteiger charge is 2.08. The molecule has 0 aliphatic carbocycles. The number of carbonyl (C=O) groups is 1. The maximum Gasteiger partial charge on any atom is 0.238 e. The summed E-state index contributed by atoms with van der Waals surface area (Å²) in [6.07, 6.45) is 0. The highest BCUT2D eigenvalue weighted by Crippen LogP contribution is 2.19. The van der Waals surface area contributed by atoms with Crippen LogP contribution in [-0.4, -0.2) is 44.7 Å². The minimum absolute atomic E-state index is 0.0795. The van der Waals surface area contributed by atoms with Crippen molar-refractivity contribution < 1.29 is 9.53 Å². The van der Waals surface area contributed by atoms with Gasteiger partial charge in [-0.3, -0.25) is 9.69 Å². The van der Waals surface area contributed by atoms with E-state index in [2.05, 4.69) is 5.32 Å². The highest BCUT2D eigenvalue weighted by molar-refractivity contribution is 5.95. The molecule has 1 amide bonds. The fourth-order valence-corrected chi connectivity index (χ4v) is 1.56. The van der Waals surface area contributed by atoms with E-state index in [4.69, 9.17) is 10.5 Å². The lowest BCUT2D eigenvalue weighted by Gasteiger charge is -2.16. The van der Waals surface area contributed by atoms with E-state index in [1.807, 2.05) is 37.1 Å². The number of benzene rings is 1. The Morgan fingerprint density at radius 2 is 2.22 bits per heavy atom. The molecule has 0 atom stereocenters. The number of nitrogen functional groups attached to an aromatic ring is 1. The van der Waals surface area contributed by atoms with E-state index >= 15 is 0 Å². The van der Waals surface area contributed by atoms with Crippen molar-refractivity contribution in [2.24, 2.45) is 0 Å². The molecule has 0 aliphatic heterocycles. The molecule has 5 heteroatoms. The van der Waals surface area contributed by atoms with Crippen LogP contribution in [0.2, 0.25) is 0 Å². The molecule has 1 rings (SSSR count). The first-order chi connectivity index (χ1) is 8.52. The third-order valence-corrected chi connectivity index (χ3v) is 2.57. The molecule has 100 valence electrons. The van der Waals surface area contributed by atoms with E-state index < -0.39 is 0 Å². The molecular formula is C13H21N3O2. The van der Waals surface area contributed by atoms with Gasteiger partial charge >= 0.3 is 0 Å². The molecule has 1 aromatic carbocycles. The summed E-state index contributed by atoms with van der Waals surface area (Å²) in [5, 5.41) is 2.80. The van der Waals surface area contributed by atoms with E-state index in [0.717, 1.165) is 5.56 Å². The number of hydrogen-bond acceptors (Lipinski definition) is 4. The van der Waals surface area contributed by atoms with Crippen molar-refractivity contribution in [1.82, 2.24) is 4.90 Å². The predicted molar refractivity (Wildman–Crippen MR) is 73.6 cm³/mol. The SMILES string of the molecule is COCCN(C)CC(=O)Nc1ccc(C)cc1N. The Hall–Kier alpha value is -1.59. The lowest BCUT2D eigenvalue weighted by atomic mass is 10.2. The Bertz CT molecular complexity index is 407. The van der Waals surface area contributed by atoms with Crippen molar-refractivity contribution >= 4 is 17.3 Å². The number of aryl methyl sites for hydroxylation is 1. The second kappa shape index (κ2) is 6.98. The monoisotopic (exact) mass is 251 g/mol. The molecule has 0 radical (unpaired) electrons. The zero-order valence-corrected chi connectivity index (χ0v) is 11.2. The van der Waals surface area contributed by atoms with E-state index in [1.54, 1.807) is 7.11 Å². The fraction of sp³-hybridized carbons (Fsp3) is 0.462. The van der Waals surface area contributed by atoms with E-state index in [0.29, 0.717) is 31.1 Å². The number of amides is 1. The minimum atomic E-state index is -0.0795. The topological polar surface area (TPSA) is 67.6 Å². The second-order valence-corrected chi connectivity index (χ2v) is 4.37. The number of nitrogens with zero attached hydrogens (tertiary/aromatic N) is 1. The Morgan fingerprint density at radius 3 is 2.83 bits per heavy atom. The molecule has 0 fully saturated rings. The van der Waals surface area contributed by atoms with Gasteiger partial charge in [0.25, 0.3) is 0 Å². The maximum atomic E-state index is 11.8. The zero-order valence-electron chi connectivity index (χ0n) is 11.2. The van der Waals surface area contributed by atoms with E-state index in [1.165, 1.54) is 0 Å². The zero-order chi connectivity index (χ0) is 13.5. The highest BCUT2D eigenvalue weighted by atomic mass is 16.5. The van der Waals surface area contributed by atoms with E-state index in [-0.39, 0.29) is 5.91 Å². The van der Waals surface area contributed by atoms with Gasteiger partial charge in [-0.25, -0.2) is 0 Å². The first-order valence-electron chi connectivity index (χ1n) is 5.86. The number of nitrogens with one attached hydrogen (secondary N) is 1. The Balaban J connectivity index is 2.49. The van der Waals surface area contributed by atoms with E-state index in [9.17, 15) is 4.79 Å². The normalized spacial score (nSPS) is 10.7. The summed E-state index contributed by atoms with van der Waals surface area (Å²) < 4.78 is 4.95. The number of likely N-dealkylation sites (N-methyl/N-ethyl adjacent to an activating group) is 1. The summed E-state index contributed by atoms with van der Waals surface area (Å²) >= 11 is 0. The molecule has 0 bridgehead atoms. The average molecular weight is 251 g/mol. The molecular weight excluding hydrogens is 230 g/mol. The van der Waals surface area contributed by atoms with Crippen LogP contribution in [0, 0.1) is 6.92 Å². The molecule has 0 heterocycles. The lowest BCUT2D eigenvalue weighted by Crippen LogP contribution is -2.32. The van der Waals surface area contributed by atoms with Gasteiger partial charge in [-0.05, 0) is 31.7 Å². The van der Waals surface area contributed by atoms with Crippen LogP contribution in [0.3, 0.4) is 0 Å². The Morgan fingerprint density at radius 1 is 1.50 bits per heavy atom. The minimum Gasteiger partial charge on any atom is -0.397 e. The van der Waals surface area contributed by atoms with Gasteiger partial charge in [0.2, 0.25) is 5.91 Å². The summed E-state index contributed by atoms with van der Waals surface area (Å²) in [5.41, 5.74) is 8.15. The number of methoxy groups -OCH3 is 1. The third-order valence-electron chi connectivity index (χ3n) is 2.57. The molecule has 1 aromatic rings. The quantitative estimate of drug-likeness (QED) is 0.743. The third kappa shape index (κ3) is 4.73. The first-order valence-corrected chi connectivity index (χ1v) is 5.86. The number of anilines is 2. The maximum absolute atomic E-state index is 11.8. The van der Waals surface area contributed by atoms with Gasteiger partial charge in [0.05, 0.1) is 24.5 Å². The van der Waals surface area contributed by atoms with Crippen LogP contribution in [0.5, 0.6) is 0 Å². The lowest BCUT2D eigenvalue weighted by molar-refractivity contribution is -0.117. The predicted octanol–water partition coefficient (Wildman–Crippen LogP) is 1.09. The van der Waals surface area contributed by atoms with Gasteiger partial charge in [-0.2, -0.15) is 0 Å². The summed E-state index contributed by atoms with van der Waals surface area (Å²) in [6.45, 7) is 3.60. The van der Waals surface area contributed by atoms with Crippen molar-refractivity contribution in [3.63, 3.8) is 0 Å². The van der Waals surface area contributed by atoms with Crippen molar-refractivity contribution in [3.05, 3.63) is 23.8 Å². The van der Waals surface area contributed by atoms with Gasteiger partial charge in [0, 0.05) is 13.7 Å². The van der Waals surface area contributed by atoms with Gasteiger partial charge < -0.3 is 15.8 Å². The van der Waals surface area contributed by atoms with Crippen LogP contribution in [-0.2, 0) is 9.53 Å². The molecule has 5 nitrogen and oxygen atoms in total. The number of nitrogens with two attached hydrogens (primary N) is 1. The average Bonchev–Trinajstić information content (AvgIpc) is 2.30. The number of ether oxygens (including phenoxy) is 1. The molecule has 0 saturated carbocycles. The standard InChI is InChI=1S/C13H21N3O2/c1-10-4-5-12(11(14)8-10)15-13(17)9-16(2)6-7-18-3/h4-5,8H,6-7,9,14H2,1-3H3,(H,15,17). The number of rotatable bonds is 6. The van der Waals surface area contributed by atoms with Gasteiger partial charge in [-0.15, -0.1) is 0 Å². The molecule has 0 unspecified atom stereocenters. The summed E-state index contributed by atoms with van der Waals surface area (Å²) in [7, 11) is 3.51. The molecule has 3 N–H and O–H groups in total. The Kier molecular flexibility index (Phi) is 5.61. The molecule has 0 aliphatic rings. The molecule has 18 heavy (non-hydrogen) atoms. The Labute approximate surface area is 108 Å². The van der Waals surface area contributed by atoms with Crippen LogP contribution in [0.25, 0.3) is 0 Å². The van der Waals surface area contributed by atoms with Crippen molar-refractivity contribution in [2.45, 2.75) is 6.92 Å². The van der Waals surface area contributed by atoms with Crippen LogP contribution in [0.1, 0.15) is 5.56 Å². The molecule has 0 spiro atoms. The summed E-state index contributed by atoms with van der Waals surface area (Å²) in [5.74, 6) is -0.0795. The van der Waals surface area contributed by atoms with Gasteiger partial charge in [0.1, 0.15) is 0 Å². The summed E-state index contributed by atoms with van der Waals surface area (Å²) in [6, 6.07) is 5.57. The van der Waals surface area contributed by atoms with Crippen LogP contribution >= 0.6 is 0 Å². The van der Waals surface area contributed by atoms with Crippen LogP contribution < -0.4 is 11.1 Å². The number of hydrogen-bond donors (Lipinski definition) is 2. The van der Waals surface area contributed by atoms with Crippen molar-refractivity contribution in [2.75, 3.05) is 44.9 Å². The summed E-state index contributed by atoms with van der Waals surface area (Å²) in [4.78, 5) is 13.7. The van der Waals surface area contributed by atoms with Crippen LogP contribution in [0.15, 0.2) is 18.2 Å². The molecule has 0 saturated heterocycles. The van der Waals surface area contributed by atoms with Gasteiger partial charge in [-0.1, -0.05) is 6.07 Å². The van der Waals surface area contributed by atoms with Gasteiger partial charge in [0.15, 0.2) is 0 Å². The van der Waals surface area contributed by atoms with Crippen molar-refractivity contribution in [3.8, 4) is 0 Å². The number of carbonyl (C=O) groups excluding carboxylic acids is 1.